The Morgan fingerprint density at radius 1 is 1.52 bits per heavy atom. The van der Waals surface area contributed by atoms with Crippen LogP contribution in [0.2, 0.25) is 0 Å². The summed E-state index contributed by atoms with van der Waals surface area (Å²) >= 11 is 0. The van der Waals surface area contributed by atoms with Gasteiger partial charge in [-0.25, -0.2) is 4.39 Å². The molecule has 1 spiro atoms. The number of amides is 1. The first-order valence-corrected chi connectivity index (χ1v) is 9.44. The van der Waals surface area contributed by atoms with Crippen molar-refractivity contribution in [3.05, 3.63) is 60.2 Å². The monoisotopic (exact) mass is 407 g/mol. The molecule has 0 unspecified atom stereocenters. The second kappa shape index (κ2) is 8.92. The fraction of sp³-hybridized carbons (Fsp3) is 0.429. The molecule has 1 aromatic heterocycles. The van der Waals surface area contributed by atoms with Crippen molar-refractivity contribution in [3.8, 4) is 0 Å². The van der Waals surface area contributed by atoms with E-state index in [1.54, 1.807) is 30.3 Å². The minimum absolute atomic E-state index is 0.0841. The van der Waals surface area contributed by atoms with Crippen molar-refractivity contribution in [1.29, 1.82) is 0 Å². The van der Waals surface area contributed by atoms with Gasteiger partial charge in [-0.2, -0.15) is 8.78 Å². The van der Waals surface area contributed by atoms with E-state index >= 15 is 0 Å². The molecule has 1 amide bonds. The van der Waals surface area contributed by atoms with Gasteiger partial charge in [0, 0.05) is 25.4 Å². The second-order valence-electron chi connectivity index (χ2n) is 7.23. The van der Waals surface area contributed by atoms with Gasteiger partial charge in [-0.05, 0) is 49.1 Å². The summed E-state index contributed by atoms with van der Waals surface area (Å²) in [6.07, 6.45) is 7.43. The van der Waals surface area contributed by atoms with Gasteiger partial charge in [-0.1, -0.05) is 12.7 Å². The molecular weight excluding hydrogens is 383 g/mol. The Morgan fingerprint density at radius 2 is 2.31 bits per heavy atom. The van der Waals surface area contributed by atoms with Gasteiger partial charge in [0.15, 0.2) is 0 Å². The quantitative estimate of drug-likeness (QED) is 0.700. The van der Waals surface area contributed by atoms with Crippen LogP contribution >= 0.6 is 0 Å². The molecule has 8 heteroatoms. The summed E-state index contributed by atoms with van der Waals surface area (Å²) in [6, 6.07) is 3.17. The van der Waals surface area contributed by atoms with E-state index in [2.05, 4.69) is 21.6 Å². The maximum Gasteiger partial charge on any atom is 0.345 e. The Hall–Kier alpha value is -2.45. The number of allylic oxidation sites excluding steroid dienone is 4. The molecule has 2 saturated heterocycles. The predicted octanol–water partition coefficient (Wildman–Crippen LogP) is 3.77. The number of rotatable bonds is 7. The van der Waals surface area contributed by atoms with Gasteiger partial charge in [-0.3, -0.25) is 15.1 Å². The predicted molar refractivity (Wildman–Crippen MR) is 104 cm³/mol. The third kappa shape index (κ3) is 4.59. The van der Waals surface area contributed by atoms with Crippen LogP contribution in [0, 0.1) is 0 Å². The molecule has 0 radical (unpaired) electrons. The van der Waals surface area contributed by atoms with Crippen LogP contribution in [0.4, 0.5) is 13.2 Å². The minimum Gasteiger partial charge on any atom is -0.344 e. The molecule has 2 fully saturated rings. The topological polar surface area (TPSA) is 54.5 Å². The molecule has 2 atom stereocenters. The van der Waals surface area contributed by atoms with Crippen molar-refractivity contribution in [3.63, 3.8) is 0 Å². The molecular formula is C21H24F3N3O2. The van der Waals surface area contributed by atoms with Crippen molar-refractivity contribution >= 4 is 11.5 Å². The molecule has 1 N–H and O–H groups in total. The first-order chi connectivity index (χ1) is 13.9. The molecule has 0 aromatic carbocycles. The molecule has 5 nitrogen and oxygen atoms in total. The average Bonchev–Trinajstić information content (AvgIpc) is 3.25. The minimum atomic E-state index is -2.94. The van der Waals surface area contributed by atoms with E-state index < -0.39 is 24.6 Å². The van der Waals surface area contributed by atoms with Crippen molar-refractivity contribution < 1.29 is 22.7 Å². The van der Waals surface area contributed by atoms with Gasteiger partial charge in [0.2, 0.25) is 5.91 Å². The largest absolute Gasteiger partial charge is 0.345 e. The number of aromatic nitrogens is 1. The highest BCUT2D eigenvalue weighted by atomic mass is 19.3. The zero-order valence-corrected chi connectivity index (χ0v) is 16.2. The molecule has 0 aliphatic carbocycles. The fourth-order valence-corrected chi connectivity index (χ4v) is 3.95. The zero-order valence-electron chi connectivity index (χ0n) is 16.2. The van der Waals surface area contributed by atoms with Gasteiger partial charge >= 0.3 is 6.61 Å². The third-order valence-electron chi connectivity index (χ3n) is 5.42. The van der Waals surface area contributed by atoms with E-state index in [1.165, 1.54) is 12.2 Å². The number of pyridine rings is 1. The lowest BCUT2D eigenvalue weighted by Gasteiger charge is -2.23. The van der Waals surface area contributed by atoms with Crippen LogP contribution in [-0.4, -0.2) is 48.1 Å². The van der Waals surface area contributed by atoms with E-state index in [9.17, 15) is 18.0 Å². The highest BCUT2D eigenvalue weighted by Gasteiger charge is 2.50. The summed E-state index contributed by atoms with van der Waals surface area (Å²) < 4.78 is 43.3. The van der Waals surface area contributed by atoms with Crippen molar-refractivity contribution in [1.82, 2.24) is 15.2 Å². The Kier molecular flexibility index (Phi) is 6.54. The number of alkyl halides is 2. The maximum absolute atomic E-state index is 14.5. The standard InChI is InChI=1S/C21H24F3N3O2/c1-3-4-16(22)15(7-12-29-20(23)24)14-6-10-25-18(13-14)17-5-8-21(26-17)9-11-27(2)19(21)28/h3-4,6-7,10,13,17,20,26H,1,5,8-9,11-12H2,2H3/b15-7-,16-4+/t17-,21+/m1/s1. The number of carbonyl (C=O) groups excluding carboxylic acids is 1. The van der Waals surface area contributed by atoms with E-state index in [0.29, 0.717) is 24.2 Å². The lowest BCUT2D eigenvalue weighted by atomic mass is 9.96. The average molecular weight is 407 g/mol. The van der Waals surface area contributed by atoms with E-state index in [-0.39, 0.29) is 17.5 Å². The van der Waals surface area contributed by atoms with Crippen LogP contribution in [0.25, 0.3) is 5.57 Å². The number of hydrogen-bond donors (Lipinski definition) is 1. The smallest absolute Gasteiger partial charge is 0.344 e. The van der Waals surface area contributed by atoms with Crippen LogP contribution in [0.1, 0.15) is 36.6 Å². The highest BCUT2D eigenvalue weighted by molar-refractivity contribution is 5.88. The summed E-state index contributed by atoms with van der Waals surface area (Å²) in [5, 5.41) is 3.42. The van der Waals surface area contributed by atoms with Gasteiger partial charge in [-0.15, -0.1) is 0 Å². The molecule has 3 heterocycles. The Bertz CT molecular complexity index is 840. The highest BCUT2D eigenvalue weighted by Crippen LogP contribution is 2.39. The summed E-state index contributed by atoms with van der Waals surface area (Å²) in [5.74, 6) is -0.528. The number of likely N-dealkylation sites (N-methyl/N-ethyl adjacent to an activating group) is 1. The van der Waals surface area contributed by atoms with Gasteiger partial charge < -0.3 is 9.64 Å². The van der Waals surface area contributed by atoms with Crippen LogP contribution in [-0.2, 0) is 9.53 Å². The summed E-state index contributed by atoms with van der Waals surface area (Å²) in [4.78, 5) is 18.6. The van der Waals surface area contributed by atoms with Crippen LogP contribution in [0.5, 0.6) is 0 Å². The normalized spacial score (nSPS) is 25.5. The Morgan fingerprint density at radius 3 is 2.97 bits per heavy atom. The van der Waals surface area contributed by atoms with Crippen molar-refractivity contribution in [2.45, 2.75) is 37.5 Å². The van der Waals surface area contributed by atoms with Crippen LogP contribution in [0.3, 0.4) is 0 Å². The van der Waals surface area contributed by atoms with Crippen molar-refractivity contribution in [2.75, 3.05) is 20.2 Å². The van der Waals surface area contributed by atoms with E-state index in [0.717, 1.165) is 18.9 Å². The lowest BCUT2D eigenvalue weighted by Crippen LogP contribution is -2.47. The van der Waals surface area contributed by atoms with Gasteiger partial charge in [0.25, 0.3) is 0 Å². The number of hydrogen-bond acceptors (Lipinski definition) is 4. The number of carbonyl (C=O) groups is 1. The molecule has 0 saturated carbocycles. The molecule has 29 heavy (non-hydrogen) atoms. The van der Waals surface area contributed by atoms with E-state index in [1.807, 2.05) is 0 Å². The summed E-state index contributed by atoms with van der Waals surface area (Å²) in [7, 11) is 1.79. The lowest BCUT2D eigenvalue weighted by molar-refractivity contribution is -0.131. The summed E-state index contributed by atoms with van der Waals surface area (Å²) in [6.45, 7) is 0.803. The summed E-state index contributed by atoms with van der Waals surface area (Å²) in [5.41, 5.74) is 0.725. The Balaban J connectivity index is 1.84. The number of ether oxygens (including phenoxy) is 1. The molecule has 1 aromatic rings. The third-order valence-corrected chi connectivity index (χ3v) is 5.42. The van der Waals surface area contributed by atoms with Crippen LogP contribution < -0.4 is 5.32 Å². The molecule has 0 bridgehead atoms. The first kappa shape index (κ1) is 21.3. The molecule has 2 aliphatic rings. The SMILES string of the molecule is C=C/C=C(F)\C(=C/COC(F)F)c1ccnc([C@H]2CC[C@@]3(CCN(C)C3=O)N2)c1. The number of likely N-dealkylation sites (tertiary alicyclic amines) is 1. The maximum atomic E-state index is 14.5. The second-order valence-corrected chi connectivity index (χ2v) is 7.23. The van der Waals surface area contributed by atoms with Gasteiger partial charge in [0.1, 0.15) is 11.4 Å². The fourth-order valence-electron chi connectivity index (χ4n) is 3.95. The van der Waals surface area contributed by atoms with E-state index in [4.69, 9.17) is 0 Å². The van der Waals surface area contributed by atoms with Crippen molar-refractivity contribution in [2.24, 2.45) is 0 Å². The number of nitrogens with zero attached hydrogens (tertiary/aromatic N) is 2. The molecule has 3 rings (SSSR count). The zero-order chi connectivity index (χ0) is 21.0. The van der Waals surface area contributed by atoms with Gasteiger partial charge in [0.05, 0.1) is 18.3 Å². The first-order valence-electron chi connectivity index (χ1n) is 9.44. The molecule has 156 valence electrons. The Labute approximate surface area is 167 Å². The number of halogens is 3. The number of nitrogens with one attached hydrogen (secondary N) is 1. The van der Waals surface area contributed by atoms with Crippen LogP contribution in [0.15, 0.2) is 49.0 Å². The molecule has 2 aliphatic heterocycles.